The van der Waals surface area contributed by atoms with Gasteiger partial charge in [-0.05, 0) is 61.7 Å². The van der Waals surface area contributed by atoms with E-state index in [9.17, 15) is 9.59 Å². The average molecular weight is 487 g/mol. The molecular weight excluding hydrogens is 460 g/mol. The first-order valence-electron chi connectivity index (χ1n) is 11.3. The highest BCUT2D eigenvalue weighted by Gasteiger charge is 2.15. The topological polar surface area (TPSA) is 93.2 Å². The van der Waals surface area contributed by atoms with E-state index in [1.54, 1.807) is 24.3 Å². The number of benzene rings is 3. The third-order valence-corrected chi connectivity index (χ3v) is 6.15. The molecule has 1 heterocycles. The van der Waals surface area contributed by atoms with Gasteiger partial charge in [0, 0.05) is 17.3 Å². The molecular formula is C27H26N4O3S. The smallest absolute Gasteiger partial charge is 0.286 e. The highest BCUT2D eigenvalue weighted by Crippen LogP contribution is 2.17. The summed E-state index contributed by atoms with van der Waals surface area (Å²) in [6, 6.07) is 26.4. The Kier molecular flexibility index (Phi) is 8.19. The molecule has 1 aromatic heterocycles. The fraction of sp³-hybridized carbons (Fsp3) is 0.185. The van der Waals surface area contributed by atoms with E-state index in [0.717, 1.165) is 18.6 Å². The molecule has 7 nitrogen and oxygen atoms in total. The van der Waals surface area contributed by atoms with Crippen molar-refractivity contribution in [3.05, 3.63) is 106 Å². The minimum Gasteiger partial charge on any atom is -0.486 e. The summed E-state index contributed by atoms with van der Waals surface area (Å²) in [6.45, 7) is 2.24. The maximum absolute atomic E-state index is 12.6. The van der Waals surface area contributed by atoms with Gasteiger partial charge in [0.25, 0.3) is 11.8 Å². The quantitative estimate of drug-likeness (QED) is 0.325. The number of ether oxygens (including phenoxy) is 1. The van der Waals surface area contributed by atoms with Crippen LogP contribution in [0.3, 0.4) is 0 Å². The summed E-state index contributed by atoms with van der Waals surface area (Å²) in [5, 5.41) is 14.6. The van der Waals surface area contributed by atoms with Crippen molar-refractivity contribution in [3.63, 3.8) is 0 Å². The minimum absolute atomic E-state index is 0.0413. The number of aromatic nitrogens is 2. The Morgan fingerprint density at radius 2 is 1.57 bits per heavy atom. The summed E-state index contributed by atoms with van der Waals surface area (Å²) in [6.07, 6.45) is 1.75. The number of carbonyl (C=O) groups is 2. The molecule has 2 amide bonds. The number of hydrogen-bond acceptors (Lipinski definition) is 6. The van der Waals surface area contributed by atoms with Gasteiger partial charge in [0.2, 0.25) is 5.01 Å². The van der Waals surface area contributed by atoms with Crippen molar-refractivity contribution in [1.29, 1.82) is 0 Å². The van der Waals surface area contributed by atoms with E-state index in [1.165, 1.54) is 16.9 Å². The first-order valence-corrected chi connectivity index (χ1v) is 12.1. The molecule has 2 N–H and O–H groups in total. The van der Waals surface area contributed by atoms with Crippen LogP contribution in [0, 0.1) is 0 Å². The van der Waals surface area contributed by atoms with Crippen LogP contribution in [0.2, 0.25) is 0 Å². The zero-order valence-electron chi connectivity index (χ0n) is 19.3. The van der Waals surface area contributed by atoms with Crippen LogP contribution >= 0.6 is 11.3 Å². The second-order valence-corrected chi connectivity index (χ2v) is 9.10. The van der Waals surface area contributed by atoms with Crippen molar-refractivity contribution in [2.24, 2.45) is 0 Å². The minimum atomic E-state index is -0.361. The molecule has 4 rings (SSSR count). The lowest BCUT2D eigenvalue weighted by Gasteiger charge is -2.14. The molecule has 0 bridgehead atoms. The number of amides is 2. The zero-order valence-corrected chi connectivity index (χ0v) is 20.1. The van der Waals surface area contributed by atoms with E-state index < -0.39 is 0 Å². The molecule has 4 aromatic rings. The highest BCUT2D eigenvalue weighted by molar-refractivity contribution is 7.13. The first kappa shape index (κ1) is 24.1. The Balaban J connectivity index is 1.25. The molecule has 0 saturated heterocycles. The van der Waals surface area contributed by atoms with Gasteiger partial charge in [0.1, 0.15) is 12.4 Å². The van der Waals surface area contributed by atoms with Gasteiger partial charge in [0.05, 0.1) is 0 Å². The standard InChI is InChI=1S/C27H26N4O3S/c1-19(12-13-20-8-4-2-5-9-20)28-25(32)21-14-16-22(17-15-21)29-26(33)27-31-30-24(35-27)18-34-23-10-6-3-7-11-23/h2-11,14-17,19H,12-13,18H2,1H3,(H,28,32)(H,29,33). The Morgan fingerprint density at radius 1 is 0.886 bits per heavy atom. The summed E-state index contributed by atoms with van der Waals surface area (Å²) >= 11 is 1.17. The lowest BCUT2D eigenvalue weighted by atomic mass is 10.1. The van der Waals surface area contributed by atoms with E-state index in [1.807, 2.05) is 55.5 Å². The van der Waals surface area contributed by atoms with Crippen molar-refractivity contribution in [2.75, 3.05) is 5.32 Å². The molecule has 0 aliphatic heterocycles. The largest absolute Gasteiger partial charge is 0.486 e. The Hall–Kier alpha value is -4.04. The van der Waals surface area contributed by atoms with Gasteiger partial charge >= 0.3 is 0 Å². The van der Waals surface area contributed by atoms with Crippen molar-refractivity contribution in [2.45, 2.75) is 32.4 Å². The van der Waals surface area contributed by atoms with Crippen LogP contribution < -0.4 is 15.4 Å². The summed E-state index contributed by atoms with van der Waals surface area (Å²) in [4.78, 5) is 25.1. The predicted molar refractivity (Wildman–Crippen MR) is 137 cm³/mol. The van der Waals surface area contributed by atoms with Crippen molar-refractivity contribution < 1.29 is 14.3 Å². The number of nitrogens with zero attached hydrogens (tertiary/aromatic N) is 2. The molecule has 178 valence electrons. The third kappa shape index (κ3) is 7.22. The fourth-order valence-electron chi connectivity index (χ4n) is 3.36. The van der Waals surface area contributed by atoms with Gasteiger partial charge in [-0.25, -0.2) is 0 Å². The number of anilines is 1. The van der Waals surface area contributed by atoms with E-state index >= 15 is 0 Å². The molecule has 0 aliphatic carbocycles. The lowest BCUT2D eigenvalue weighted by Crippen LogP contribution is -2.32. The number of para-hydroxylation sites is 1. The van der Waals surface area contributed by atoms with E-state index in [0.29, 0.717) is 16.3 Å². The van der Waals surface area contributed by atoms with Gasteiger partial charge in [-0.3, -0.25) is 9.59 Å². The maximum atomic E-state index is 12.6. The Labute approximate surface area is 208 Å². The molecule has 0 aliphatic rings. The van der Waals surface area contributed by atoms with Crippen molar-refractivity contribution >= 4 is 28.8 Å². The van der Waals surface area contributed by atoms with Gasteiger partial charge in [-0.2, -0.15) is 0 Å². The van der Waals surface area contributed by atoms with Gasteiger partial charge in [-0.1, -0.05) is 59.9 Å². The van der Waals surface area contributed by atoms with E-state index in [-0.39, 0.29) is 29.5 Å². The second kappa shape index (κ2) is 11.9. The fourth-order valence-corrected chi connectivity index (χ4v) is 4.01. The monoisotopic (exact) mass is 486 g/mol. The summed E-state index contributed by atoms with van der Waals surface area (Å²) in [5.74, 6) is 0.222. The number of nitrogens with one attached hydrogen (secondary N) is 2. The second-order valence-electron chi connectivity index (χ2n) is 8.03. The number of aryl methyl sites for hydroxylation is 1. The SMILES string of the molecule is CC(CCc1ccccc1)NC(=O)c1ccc(NC(=O)c2nnc(COc3ccccc3)s2)cc1. The number of carbonyl (C=O) groups excluding carboxylic acids is 2. The Bertz CT molecular complexity index is 1240. The van der Waals surface area contributed by atoms with Gasteiger partial charge in [0.15, 0.2) is 5.01 Å². The lowest BCUT2D eigenvalue weighted by molar-refractivity contribution is 0.0938. The van der Waals surface area contributed by atoms with Gasteiger partial charge in [-0.15, -0.1) is 10.2 Å². The van der Waals surface area contributed by atoms with Crippen LogP contribution in [0.15, 0.2) is 84.9 Å². The molecule has 35 heavy (non-hydrogen) atoms. The normalized spacial score (nSPS) is 11.5. The van der Waals surface area contributed by atoms with Crippen LogP contribution in [0.25, 0.3) is 0 Å². The van der Waals surface area contributed by atoms with Crippen molar-refractivity contribution in [1.82, 2.24) is 15.5 Å². The van der Waals surface area contributed by atoms with Crippen LogP contribution in [-0.2, 0) is 13.0 Å². The average Bonchev–Trinajstić information content (AvgIpc) is 3.37. The highest BCUT2D eigenvalue weighted by atomic mass is 32.1. The molecule has 1 atom stereocenters. The van der Waals surface area contributed by atoms with Gasteiger partial charge < -0.3 is 15.4 Å². The molecule has 0 radical (unpaired) electrons. The van der Waals surface area contributed by atoms with E-state index in [4.69, 9.17) is 4.74 Å². The van der Waals surface area contributed by atoms with E-state index in [2.05, 4.69) is 33.0 Å². The van der Waals surface area contributed by atoms with Crippen LogP contribution in [0.5, 0.6) is 5.75 Å². The first-order chi connectivity index (χ1) is 17.1. The van der Waals surface area contributed by atoms with Crippen LogP contribution in [0.1, 0.15) is 44.1 Å². The van der Waals surface area contributed by atoms with Crippen LogP contribution in [0.4, 0.5) is 5.69 Å². The summed E-state index contributed by atoms with van der Waals surface area (Å²) in [7, 11) is 0. The van der Waals surface area contributed by atoms with Crippen LogP contribution in [-0.4, -0.2) is 28.1 Å². The third-order valence-electron chi connectivity index (χ3n) is 5.26. The molecule has 1 unspecified atom stereocenters. The molecule has 0 saturated carbocycles. The molecule has 0 spiro atoms. The Morgan fingerprint density at radius 3 is 2.29 bits per heavy atom. The number of rotatable bonds is 10. The van der Waals surface area contributed by atoms with Crippen molar-refractivity contribution in [3.8, 4) is 5.75 Å². The predicted octanol–water partition coefficient (Wildman–Crippen LogP) is 5.12. The maximum Gasteiger partial charge on any atom is 0.286 e. The summed E-state index contributed by atoms with van der Waals surface area (Å²) < 4.78 is 5.64. The molecule has 0 fully saturated rings. The number of hydrogen-bond donors (Lipinski definition) is 2. The molecule has 3 aromatic carbocycles. The molecule has 8 heteroatoms. The zero-order chi connectivity index (χ0) is 24.5. The summed E-state index contributed by atoms with van der Waals surface area (Å²) in [5.41, 5.74) is 2.35.